The summed E-state index contributed by atoms with van der Waals surface area (Å²) in [6, 6.07) is 21.3. The van der Waals surface area contributed by atoms with Crippen LogP contribution in [0.3, 0.4) is 0 Å². The van der Waals surface area contributed by atoms with E-state index in [1.165, 1.54) is 6.07 Å². The van der Waals surface area contributed by atoms with E-state index in [-0.39, 0.29) is 12.4 Å². The van der Waals surface area contributed by atoms with E-state index in [1.807, 2.05) is 37.3 Å². The largest absolute Gasteiger partial charge is 0.493 e. The van der Waals surface area contributed by atoms with E-state index in [0.29, 0.717) is 29.9 Å². The molecule has 0 saturated carbocycles. The van der Waals surface area contributed by atoms with Gasteiger partial charge in [-0.15, -0.1) is 0 Å². The van der Waals surface area contributed by atoms with Crippen LogP contribution in [0.15, 0.2) is 77.3 Å². The molecule has 0 saturated heterocycles. The Hall–Kier alpha value is -3.12. The van der Waals surface area contributed by atoms with Crippen LogP contribution in [0.5, 0.6) is 11.5 Å². The molecule has 6 heteroatoms. The molecule has 5 nitrogen and oxygen atoms in total. The van der Waals surface area contributed by atoms with E-state index in [2.05, 4.69) is 15.9 Å². The average molecular weight is 483 g/mol. The normalized spacial score (nSPS) is 10.4. The highest BCUT2D eigenvalue weighted by Crippen LogP contribution is 2.25. The standard InChI is InChI=1S/C25H23BrO5/c1-2-14-29-23-12-11-20(26)17-22(23)25(28)31-21-10-6-9-19(16-21)24(27)30-15-13-18-7-4-3-5-8-18/h3-12,16-17H,2,13-15H2,1H3. The molecular weight excluding hydrogens is 460 g/mol. The van der Waals surface area contributed by atoms with Gasteiger partial charge in [-0.05, 0) is 48.4 Å². The van der Waals surface area contributed by atoms with Crippen LogP contribution in [0, 0.1) is 0 Å². The van der Waals surface area contributed by atoms with Gasteiger partial charge in [-0.2, -0.15) is 0 Å². The van der Waals surface area contributed by atoms with Crippen LogP contribution in [0.2, 0.25) is 0 Å². The fourth-order valence-electron chi connectivity index (χ4n) is 2.84. The summed E-state index contributed by atoms with van der Waals surface area (Å²) in [5, 5.41) is 0. The summed E-state index contributed by atoms with van der Waals surface area (Å²) in [6.45, 7) is 2.75. The number of hydrogen-bond donors (Lipinski definition) is 0. The van der Waals surface area contributed by atoms with Crippen LogP contribution in [0.25, 0.3) is 0 Å². The van der Waals surface area contributed by atoms with E-state index >= 15 is 0 Å². The van der Waals surface area contributed by atoms with E-state index in [0.717, 1.165) is 16.5 Å². The predicted octanol–water partition coefficient (Wildman–Crippen LogP) is 5.86. The van der Waals surface area contributed by atoms with Gasteiger partial charge < -0.3 is 14.2 Å². The van der Waals surface area contributed by atoms with Gasteiger partial charge in [-0.1, -0.05) is 59.3 Å². The maximum Gasteiger partial charge on any atom is 0.347 e. The second-order valence-corrected chi connectivity index (χ2v) is 7.69. The second kappa shape index (κ2) is 11.3. The first-order valence-electron chi connectivity index (χ1n) is 10.0. The van der Waals surface area contributed by atoms with Crippen molar-refractivity contribution in [1.82, 2.24) is 0 Å². The maximum absolute atomic E-state index is 12.7. The third-order valence-corrected chi connectivity index (χ3v) is 4.86. The molecule has 0 aliphatic heterocycles. The number of benzene rings is 3. The van der Waals surface area contributed by atoms with E-state index in [4.69, 9.17) is 14.2 Å². The van der Waals surface area contributed by atoms with Crippen molar-refractivity contribution in [3.63, 3.8) is 0 Å². The van der Waals surface area contributed by atoms with Gasteiger partial charge in [-0.25, -0.2) is 9.59 Å². The van der Waals surface area contributed by atoms with Crippen molar-refractivity contribution >= 4 is 27.9 Å². The monoisotopic (exact) mass is 482 g/mol. The summed E-state index contributed by atoms with van der Waals surface area (Å²) >= 11 is 3.37. The van der Waals surface area contributed by atoms with Crippen LogP contribution in [-0.4, -0.2) is 25.2 Å². The lowest BCUT2D eigenvalue weighted by atomic mass is 10.2. The fraction of sp³-hybridized carbons (Fsp3) is 0.200. The van der Waals surface area contributed by atoms with Gasteiger partial charge in [0.25, 0.3) is 0 Å². The van der Waals surface area contributed by atoms with Gasteiger partial charge in [0.2, 0.25) is 0 Å². The molecule has 0 fully saturated rings. The van der Waals surface area contributed by atoms with Gasteiger partial charge in [0.05, 0.1) is 18.8 Å². The van der Waals surface area contributed by atoms with Gasteiger partial charge >= 0.3 is 11.9 Å². The Bertz CT molecular complexity index is 1030. The lowest BCUT2D eigenvalue weighted by Gasteiger charge is -2.11. The molecule has 0 aliphatic rings. The van der Waals surface area contributed by atoms with Crippen LogP contribution >= 0.6 is 15.9 Å². The Kier molecular flexibility index (Phi) is 8.24. The Morgan fingerprint density at radius 1 is 0.871 bits per heavy atom. The Labute approximate surface area is 190 Å². The smallest absolute Gasteiger partial charge is 0.347 e. The molecule has 0 aromatic heterocycles. The topological polar surface area (TPSA) is 61.8 Å². The second-order valence-electron chi connectivity index (χ2n) is 6.78. The molecule has 3 rings (SSSR count). The van der Waals surface area contributed by atoms with Crippen LogP contribution < -0.4 is 9.47 Å². The maximum atomic E-state index is 12.7. The molecule has 3 aromatic rings. The van der Waals surface area contributed by atoms with Gasteiger partial charge in [0.15, 0.2) is 0 Å². The van der Waals surface area contributed by atoms with Gasteiger partial charge in [0, 0.05) is 10.9 Å². The van der Waals surface area contributed by atoms with Gasteiger partial charge in [-0.3, -0.25) is 0 Å². The summed E-state index contributed by atoms with van der Waals surface area (Å²) in [6.07, 6.45) is 1.45. The van der Waals surface area contributed by atoms with Crippen LogP contribution in [0.4, 0.5) is 0 Å². The zero-order chi connectivity index (χ0) is 22.1. The van der Waals surface area contributed by atoms with Crippen molar-refractivity contribution in [3.8, 4) is 11.5 Å². The fourth-order valence-corrected chi connectivity index (χ4v) is 3.20. The SMILES string of the molecule is CCCOc1ccc(Br)cc1C(=O)Oc1cccc(C(=O)OCCc2ccccc2)c1. The Morgan fingerprint density at radius 2 is 1.68 bits per heavy atom. The highest BCUT2D eigenvalue weighted by molar-refractivity contribution is 9.10. The molecule has 0 unspecified atom stereocenters. The molecule has 0 heterocycles. The minimum absolute atomic E-state index is 0.254. The summed E-state index contributed by atoms with van der Waals surface area (Å²) in [4.78, 5) is 25.1. The minimum Gasteiger partial charge on any atom is -0.493 e. The molecule has 0 bridgehead atoms. The Balaban J connectivity index is 1.64. The highest BCUT2D eigenvalue weighted by Gasteiger charge is 2.17. The van der Waals surface area contributed by atoms with Crippen molar-refractivity contribution < 1.29 is 23.8 Å². The Morgan fingerprint density at radius 3 is 2.45 bits per heavy atom. The summed E-state index contributed by atoms with van der Waals surface area (Å²) in [5.74, 6) is -0.333. The zero-order valence-electron chi connectivity index (χ0n) is 17.2. The van der Waals surface area contributed by atoms with Gasteiger partial charge in [0.1, 0.15) is 17.1 Å². The van der Waals surface area contributed by atoms with Crippen LogP contribution in [-0.2, 0) is 11.2 Å². The zero-order valence-corrected chi connectivity index (χ0v) is 18.8. The number of halogens is 1. The molecule has 0 aliphatic carbocycles. The van der Waals surface area contributed by atoms with E-state index < -0.39 is 11.9 Å². The lowest BCUT2D eigenvalue weighted by molar-refractivity contribution is 0.0507. The molecule has 3 aromatic carbocycles. The molecule has 160 valence electrons. The average Bonchev–Trinajstić information content (AvgIpc) is 2.79. The number of hydrogen-bond acceptors (Lipinski definition) is 5. The minimum atomic E-state index is -0.568. The van der Waals surface area contributed by atoms with Crippen molar-refractivity contribution in [3.05, 3.63) is 94.0 Å². The number of carbonyl (C=O) groups is 2. The molecule has 0 atom stereocenters. The number of rotatable bonds is 9. The third kappa shape index (κ3) is 6.69. The number of ether oxygens (including phenoxy) is 3. The lowest BCUT2D eigenvalue weighted by Crippen LogP contribution is -2.12. The first kappa shape index (κ1) is 22.6. The summed E-state index contributed by atoms with van der Waals surface area (Å²) < 4.78 is 17.2. The highest BCUT2D eigenvalue weighted by atomic mass is 79.9. The molecule has 0 radical (unpaired) electrons. The first-order valence-corrected chi connectivity index (χ1v) is 10.8. The third-order valence-electron chi connectivity index (χ3n) is 4.37. The number of carbonyl (C=O) groups excluding carboxylic acids is 2. The molecule has 0 amide bonds. The summed E-state index contributed by atoms with van der Waals surface area (Å²) in [7, 11) is 0. The summed E-state index contributed by atoms with van der Waals surface area (Å²) in [5.41, 5.74) is 1.71. The molecule has 0 N–H and O–H groups in total. The first-order chi connectivity index (χ1) is 15.1. The predicted molar refractivity (Wildman–Crippen MR) is 122 cm³/mol. The van der Waals surface area contributed by atoms with Crippen molar-refractivity contribution in [2.75, 3.05) is 13.2 Å². The van der Waals surface area contributed by atoms with Crippen molar-refractivity contribution in [2.24, 2.45) is 0 Å². The molecule has 31 heavy (non-hydrogen) atoms. The van der Waals surface area contributed by atoms with Crippen molar-refractivity contribution in [2.45, 2.75) is 19.8 Å². The quantitative estimate of drug-likeness (QED) is 0.282. The molecular formula is C25H23BrO5. The van der Waals surface area contributed by atoms with Crippen molar-refractivity contribution in [1.29, 1.82) is 0 Å². The van der Waals surface area contributed by atoms with E-state index in [9.17, 15) is 9.59 Å². The van der Waals surface area contributed by atoms with E-state index in [1.54, 1.807) is 36.4 Å². The molecule has 0 spiro atoms. The number of esters is 2. The van der Waals surface area contributed by atoms with Crippen LogP contribution in [0.1, 0.15) is 39.6 Å².